The summed E-state index contributed by atoms with van der Waals surface area (Å²) in [6.45, 7) is 3.22. The number of nitrogens with zero attached hydrogens (tertiary/aromatic N) is 2. The normalized spacial score (nSPS) is 17.6. The molecule has 9 nitrogen and oxygen atoms in total. The summed E-state index contributed by atoms with van der Waals surface area (Å²) in [5.74, 6) is 0.0161. The molecule has 0 radical (unpaired) electrons. The van der Waals surface area contributed by atoms with Gasteiger partial charge < -0.3 is 20.1 Å². The van der Waals surface area contributed by atoms with Gasteiger partial charge in [0, 0.05) is 19.6 Å². The molecular formula is C20H22N4O5. The van der Waals surface area contributed by atoms with Gasteiger partial charge in [0.2, 0.25) is 0 Å². The molecule has 1 fully saturated rings. The smallest absolute Gasteiger partial charge is 0.296 e. The van der Waals surface area contributed by atoms with Crippen LogP contribution in [-0.2, 0) is 9.53 Å². The number of hydrogen-bond donors (Lipinski definition) is 2. The number of fused-ring (bicyclic) bond motifs is 1. The number of amides is 1. The number of anilines is 2. The van der Waals surface area contributed by atoms with Crippen LogP contribution in [0.5, 0.6) is 5.75 Å². The average Bonchev–Trinajstić information content (AvgIpc) is 2.74. The van der Waals surface area contributed by atoms with E-state index in [9.17, 15) is 14.9 Å². The molecule has 152 valence electrons. The van der Waals surface area contributed by atoms with Crippen LogP contribution >= 0.6 is 0 Å². The van der Waals surface area contributed by atoms with Crippen LogP contribution in [-0.4, -0.2) is 55.2 Å². The standard InChI is InChI=1S/C20H22N4O5/c25-20-13-29-19-11-17(24(26)27)15(10-16(19)22-20)21-12-18(14-4-2-1-3-5-14)23-6-8-28-9-7-23/h1-5,10-11,18,21H,6-9,12-13H2,(H,22,25). The molecular weight excluding hydrogens is 376 g/mol. The molecule has 0 aliphatic carbocycles. The van der Waals surface area contributed by atoms with Gasteiger partial charge in [-0.3, -0.25) is 19.8 Å². The van der Waals surface area contributed by atoms with Crippen molar-refractivity contribution in [2.24, 2.45) is 0 Å². The van der Waals surface area contributed by atoms with Gasteiger partial charge in [-0.2, -0.15) is 0 Å². The van der Waals surface area contributed by atoms with E-state index in [1.165, 1.54) is 6.07 Å². The molecule has 2 heterocycles. The first-order chi connectivity index (χ1) is 14.1. The summed E-state index contributed by atoms with van der Waals surface area (Å²) in [5.41, 5.74) is 1.80. The molecule has 2 N–H and O–H groups in total. The van der Waals surface area contributed by atoms with Crippen molar-refractivity contribution < 1.29 is 19.2 Å². The zero-order valence-corrected chi connectivity index (χ0v) is 15.8. The number of ether oxygens (including phenoxy) is 2. The van der Waals surface area contributed by atoms with E-state index in [0.29, 0.717) is 36.9 Å². The topological polar surface area (TPSA) is 106 Å². The maximum Gasteiger partial charge on any atom is 0.296 e. The summed E-state index contributed by atoms with van der Waals surface area (Å²) < 4.78 is 10.8. The Morgan fingerprint density at radius 3 is 2.69 bits per heavy atom. The minimum atomic E-state index is -0.450. The van der Waals surface area contributed by atoms with Gasteiger partial charge in [-0.25, -0.2) is 0 Å². The Labute approximate surface area is 167 Å². The zero-order valence-electron chi connectivity index (χ0n) is 15.8. The fraction of sp³-hybridized carbons (Fsp3) is 0.350. The molecule has 9 heteroatoms. The van der Waals surface area contributed by atoms with Crippen LogP contribution in [0.2, 0.25) is 0 Å². The van der Waals surface area contributed by atoms with Crippen molar-refractivity contribution in [1.29, 1.82) is 0 Å². The number of morpholine rings is 1. The highest BCUT2D eigenvalue weighted by molar-refractivity contribution is 5.96. The Morgan fingerprint density at radius 1 is 1.21 bits per heavy atom. The first-order valence-corrected chi connectivity index (χ1v) is 9.47. The highest BCUT2D eigenvalue weighted by Crippen LogP contribution is 2.38. The molecule has 2 aliphatic heterocycles. The second-order valence-corrected chi connectivity index (χ2v) is 6.92. The summed E-state index contributed by atoms with van der Waals surface area (Å²) in [6.07, 6.45) is 0. The molecule has 1 amide bonds. The number of nitrogens with one attached hydrogen (secondary N) is 2. The minimum Gasteiger partial charge on any atom is -0.481 e. The fourth-order valence-corrected chi connectivity index (χ4v) is 3.64. The number of nitro benzene ring substituents is 1. The van der Waals surface area contributed by atoms with E-state index in [1.807, 2.05) is 18.2 Å². The molecule has 0 saturated carbocycles. The fourth-order valence-electron chi connectivity index (χ4n) is 3.64. The largest absolute Gasteiger partial charge is 0.481 e. The molecule has 2 aromatic carbocycles. The molecule has 1 saturated heterocycles. The van der Waals surface area contributed by atoms with Crippen LogP contribution in [0, 0.1) is 10.1 Å². The second kappa shape index (κ2) is 8.46. The van der Waals surface area contributed by atoms with Gasteiger partial charge in [0.05, 0.1) is 35.9 Å². The third-order valence-electron chi connectivity index (χ3n) is 5.08. The molecule has 29 heavy (non-hydrogen) atoms. The van der Waals surface area contributed by atoms with Gasteiger partial charge in [0.1, 0.15) is 5.69 Å². The van der Waals surface area contributed by atoms with Gasteiger partial charge in [0.25, 0.3) is 11.6 Å². The Bertz CT molecular complexity index is 899. The van der Waals surface area contributed by atoms with E-state index < -0.39 is 4.92 Å². The third-order valence-corrected chi connectivity index (χ3v) is 5.08. The predicted octanol–water partition coefficient (Wildman–Crippen LogP) is 2.41. The van der Waals surface area contributed by atoms with Crippen molar-refractivity contribution in [2.75, 3.05) is 50.1 Å². The van der Waals surface area contributed by atoms with Crippen LogP contribution < -0.4 is 15.4 Å². The number of benzene rings is 2. The van der Waals surface area contributed by atoms with Crippen molar-refractivity contribution >= 4 is 23.0 Å². The zero-order chi connectivity index (χ0) is 20.2. The van der Waals surface area contributed by atoms with Crippen LogP contribution in [0.4, 0.5) is 17.1 Å². The van der Waals surface area contributed by atoms with Crippen LogP contribution in [0.1, 0.15) is 11.6 Å². The quantitative estimate of drug-likeness (QED) is 0.568. The van der Waals surface area contributed by atoms with E-state index in [-0.39, 0.29) is 24.2 Å². The van der Waals surface area contributed by atoms with E-state index in [4.69, 9.17) is 9.47 Å². The van der Waals surface area contributed by atoms with Gasteiger partial charge in [-0.05, 0) is 11.6 Å². The predicted molar refractivity (Wildman–Crippen MR) is 107 cm³/mol. The summed E-state index contributed by atoms with van der Waals surface area (Å²) >= 11 is 0. The third kappa shape index (κ3) is 4.30. The Balaban J connectivity index is 1.60. The maximum absolute atomic E-state index is 11.6. The van der Waals surface area contributed by atoms with Crippen LogP contribution in [0.3, 0.4) is 0 Å². The number of hydrogen-bond acceptors (Lipinski definition) is 7. The molecule has 2 aromatic rings. The summed E-state index contributed by atoms with van der Waals surface area (Å²) in [6, 6.07) is 13.0. The molecule has 0 bridgehead atoms. The first-order valence-electron chi connectivity index (χ1n) is 9.47. The Hall–Kier alpha value is -3.17. The number of nitro groups is 1. The van der Waals surface area contributed by atoms with Gasteiger partial charge >= 0.3 is 0 Å². The maximum atomic E-state index is 11.6. The summed E-state index contributed by atoms with van der Waals surface area (Å²) in [4.78, 5) is 25.0. The molecule has 2 aliphatic rings. The molecule has 4 rings (SSSR count). The van der Waals surface area contributed by atoms with Gasteiger partial charge in [-0.15, -0.1) is 0 Å². The van der Waals surface area contributed by atoms with Crippen molar-refractivity contribution in [3.63, 3.8) is 0 Å². The lowest BCUT2D eigenvalue weighted by Crippen LogP contribution is -2.41. The summed E-state index contributed by atoms with van der Waals surface area (Å²) in [7, 11) is 0. The van der Waals surface area contributed by atoms with Gasteiger partial charge in [0.15, 0.2) is 12.4 Å². The van der Waals surface area contributed by atoms with E-state index >= 15 is 0 Å². The number of carbonyl (C=O) groups is 1. The number of carbonyl (C=O) groups excluding carboxylic acids is 1. The Morgan fingerprint density at radius 2 is 1.97 bits per heavy atom. The monoisotopic (exact) mass is 398 g/mol. The van der Waals surface area contributed by atoms with Crippen LogP contribution in [0.25, 0.3) is 0 Å². The Kier molecular flexibility index (Phi) is 5.59. The van der Waals surface area contributed by atoms with Gasteiger partial charge in [-0.1, -0.05) is 30.3 Å². The SMILES string of the molecule is O=C1COc2cc([N+](=O)[O-])c(NCC(c3ccccc3)N3CCOCC3)cc2N1. The lowest BCUT2D eigenvalue weighted by atomic mass is 10.0. The average molecular weight is 398 g/mol. The molecule has 1 unspecified atom stereocenters. The van der Waals surface area contributed by atoms with Crippen molar-refractivity contribution in [1.82, 2.24) is 4.90 Å². The van der Waals surface area contributed by atoms with Crippen molar-refractivity contribution in [2.45, 2.75) is 6.04 Å². The van der Waals surface area contributed by atoms with E-state index in [2.05, 4.69) is 27.7 Å². The highest BCUT2D eigenvalue weighted by atomic mass is 16.6. The lowest BCUT2D eigenvalue weighted by molar-refractivity contribution is -0.384. The molecule has 0 spiro atoms. The van der Waals surface area contributed by atoms with Crippen molar-refractivity contribution in [3.8, 4) is 5.75 Å². The van der Waals surface area contributed by atoms with Crippen molar-refractivity contribution in [3.05, 3.63) is 58.1 Å². The van der Waals surface area contributed by atoms with Crippen LogP contribution in [0.15, 0.2) is 42.5 Å². The van der Waals surface area contributed by atoms with E-state index in [1.54, 1.807) is 6.07 Å². The second-order valence-electron chi connectivity index (χ2n) is 6.92. The molecule has 1 atom stereocenters. The highest BCUT2D eigenvalue weighted by Gasteiger charge is 2.26. The minimum absolute atomic E-state index is 0.0292. The van der Waals surface area contributed by atoms with E-state index in [0.717, 1.165) is 18.7 Å². The summed E-state index contributed by atoms with van der Waals surface area (Å²) in [5, 5.41) is 17.5. The molecule has 0 aromatic heterocycles. The number of rotatable bonds is 6. The first kappa shape index (κ1) is 19.2. The lowest BCUT2D eigenvalue weighted by Gasteiger charge is -2.35.